The van der Waals surface area contributed by atoms with Crippen molar-refractivity contribution >= 4 is 11.8 Å². The highest BCUT2D eigenvalue weighted by atomic mass is 16.5. The van der Waals surface area contributed by atoms with Crippen LogP contribution in [0.4, 0.5) is 0 Å². The van der Waals surface area contributed by atoms with E-state index in [9.17, 15) is 9.59 Å². The van der Waals surface area contributed by atoms with Crippen molar-refractivity contribution in [1.29, 1.82) is 0 Å². The normalized spacial score (nSPS) is 17.6. The van der Waals surface area contributed by atoms with Crippen LogP contribution in [0.5, 0.6) is 0 Å². The molecule has 1 unspecified atom stereocenters. The number of benzene rings is 2. The third-order valence-corrected chi connectivity index (χ3v) is 5.74. The molecular weight excluding hydrogens is 350 g/mol. The molecule has 0 N–H and O–H groups in total. The van der Waals surface area contributed by atoms with E-state index < -0.39 is 5.41 Å². The topological polar surface area (TPSA) is 46.6 Å². The summed E-state index contributed by atoms with van der Waals surface area (Å²) in [7, 11) is 0. The van der Waals surface area contributed by atoms with E-state index in [0.717, 1.165) is 24.2 Å². The first-order chi connectivity index (χ1) is 13.6. The minimum Gasteiger partial charge on any atom is -0.465 e. The van der Waals surface area contributed by atoms with Crippen LogP contribution < -0.4 is 0 Å². The smallest absolute Gasteiger partial charge is 0.316 e. The first kappa shape index (κ1) is 20.3. The van der Waals surface area contributed by atoms with Crippen molar-refractivity contribution in [1.82, 2.24) is 4.90 Å². The van der Waals surface area contributed by atoms with Gasteiger partial charge in [-0.3, -0.25) is 9.59 Å². The molecule has 1 aliphatic rings. The summed E-state index contributed by atoms with van der Waals surface area (Å²) in [6, 6.07) is 19.4. The molecule has 3 rings (SSSR count). The number of hydrogen-bond acceptors (Lipinski definition) is 4. The van der Waals surface area contributed by atoms with Gasteiger partial charge >= 0.3 is 5.97 Å². The van der Waals surface area contributed by atoms with Crippen molar-refractivity contribution in [2.24, 2.45) is 5.92 Å². The Kier molecular flexibility index (Phi) is 6.63. The molecule has 0 amide bonds. The fraction of sp³-hybridized carbons (Fsp3) is 0.417. The molecule has 0 bridgehead atoms. The van der Waals surface area contributed by atoms with Crippen LogP contribution in [0.25, 0.3) is 0 Å². The standard InChI is InChI=1S/C24H29NO3/c1-3-28-23(27)24(21-12-8-5-9-13-21)14-16-25(17-15-24)18-19(2)22(26)20-10-6-4-7-11-20/h4-13,19H,3,14-18H2,1-2H3. The van der Waals surface area contributed by atoms with Gasteiger partial charge in [-0.25, -0.2) is 0 Å². The maximum absolute atomic E-state index is 12.8. The Hall–Kier alpha value is -2.46. The summed E-state index contributed by atoms with van der Waals surface area (Å²) in [4.78, 5) is 27.8. The first-order valence-electron chi connectivity index (χ1n) is 10.1. The summed E-state index contributed by atoms with van der Waals surface area (Å²) >= 11 is 0. The Morgan fingerprint density at radius 3 is 2.14 bits per heavy atom. The number of ether oxygens (including phenoxy) is 1. The lowest BCUT2D eigenvalue weighted by Gasteiger charge is -2.40. The molecule has 28 heavy (non-hydrogen) atoms. The molecule has 2 aromatic rings. The lowest BCUT2D eigenvalue weighted by atomic mass is 9.72. The summed E-state index contributed by atoms with van der Waals surface area (Å²) in [6.07, 6.45) is 1.42. The number of nitrogens with zero attached hydrogens (tertiary/aromatic N) is 1. The molecule has 1 atom stereocenters. The van der Waals surface area contributed by atoms with E-state index in [1.807, 2.05) is 74.5 Å². The predicted molar refractivity (Wildman–Crippen MR) is 110 cm³/mol. The Morgan fingerprint density at radius 1 is 1.00 bits per heavy atom. The van der Waals surface area contributed by atoms with E-state index in [-0.39, 0.29) is 17.7 Å². The van der Waals surface area contributed by atoms with Gasteiger partial charge in [0, 0.05) is 18.0 Å². The van der Waals surface area contributed by atoms with Crippen LogP contribution in [-0.2, 0) is 14.9 Å². The van der Waals surface area contributed by atoms with Gasteiger partial charge in [0.15, 0.2) is 5.78 Å². The van der Waals surface area contributed by atoms with E-state index in [0.29, 0.717) is 26.0 Å². The highest BCUT2D eigenvalue weighted by molar-refractivity contribution is 5.97. The van der Waals surface area contributed by atoms with Crippen LogP contribution in [0.2, 0.25) is 0 Å². The molecule has 4 nitrogen and oxygen atoms in total. The molecular formula is C24H29NO3. The molecule has 0 aromatic heterocycles. The van der Waals surface area contributed by atoms with Gasteiger partial charge in [0.25, 0.3) is 0 Å². The molecule has 0 aliphatic carbocycles. The zero-order valence-corrected chi connectivity index (χ0v) is 16.8. The van der Waals surface area contributed by atoms with Crippen molar-refractivity contribution in [3.8, 4) is 0 Å². The third-order valence-electron chi connectivity index (χ3n) is 5.74. The fourth-order valence-electron chi connectivity index (χ4n) is 4.11. The monoisotopic (exact) mass is 379 g/mol. The molecule has 0 saturated carbocycles. The van der Waals surface area contributed by atoms with Crippen molar-refractivity contribution in [3.63, 3.8) is 0 Å². The average Bonchev–Trinajstić information content (AvgIpc) is 2.75. The zero-order valence-electron chi connectivity index (χ0n) is 16.8. The number of rotatable bonds is 7. The Balaban J connectivity index is 1.67. The van der Waals surface area contributed by atoms with Crippen LogP contribution in [0.3, 0.4) is 0 Å². The number of hydrogen-bond donors (Lipinski definition) is 0. The van der Waals surface area contributed by atoms with Gasteiger partial charge in [0.2, 0.25) is 0 Å². The van der Waals surface area contributed by atoms with Crippen LogP contribution in [0, 0.1) is 5.92 Å². The number of piperidine rings is 1. The van der Waals surface area contributed by atoms with Crippen LogP contribution in [-0.4, -0.2) is 42.9 Å². The summed E-state index contributed by atoms with van der Waals surface area (Å²) < 4.78 is 5.44. The molecule has 1 heterocycles. The molecule has 148 valence electrons. The Bertz CT molecular complexity index is 780. The van der Waals surface area contributed by atoms with Gasteiger partial charge in [-0.05, 0) is 38.4 Å². The number of carbonyl (C=O) groups excluding carboxylic acids is 2. The minimum absolute atomic E-state index is 0.0748. The number of carbonyl (C=O) groups is 2. The van der Waals surface area contributed by atoms with E-state index in [1.165, 1.54) is 0 Å². The second-order valence-electron chi connectivity index (χ2n) is 7.60. The first-order valence-corrected chi connectivity index (χ1v) is 10.1. The largest absolute Gasteiger partial charge is 0.465 e. The van der Waals surface area contributed by atoms with E-state index in [1.54, 1.807) is 0 Å². The van der Waals surface area contributed by atoms with Crippen LogP contribution >= 0.6 is 0 Å². The van der Waals surface area contributed by atoms with Crippen molar-refractivity contribution in [2.45, 2.75) is 32.1 Å². The minimum atomic E-state index is -0.583. The van der Waals surface area contributed by atoms with Gasteiger partial charge in [-0.2, -0.15) is 0 Å². The average molecular weight is 380 g/mol. The lowest BCUT2D eigenvalue weighted by Crippen LogP contribution is -2.49. The maximum Gasteiger partial charge on any atom is 0.316 e. The van der Waals surface area contributed by atoms with Gasteiger partial charge in [-0.1, -0.05) is 67.6 Å². The summed E-state index contributed by atoms with van der Waals surface area (Å²) in [5, 5.41) is 0. The predicted octanol–water partition coefficient (Wildman–Crippen LogP) is 4.10. The van der Waals surface area contributed by atoms with E-state index in [2.05, 4.69) is 4.90 Å². The Labute approximate surface area is 167 Å². The molecule has 1 fully saturated rings. The molecule has 0 radical (unpaired) electrons. The molecule has 1 saturated heterocycles. The number of Topliss-reactive ketones (excluding diaryl/α,β-unsaturated/α-hetero) is 1. The third kappa shape index (κ3) is 4.33. The van der Waals surface area contributed by atoms with E-state index in [4.69, 9.17) is 4.74 Å². The molecule has 0 spiro atoms. The number of likely N-dealkylation sites (tertiary alicyclic amines) is 1. The maximum atomic E-state index is 12.8. The van der Waals surface area contributed by atoms with Crippen molar-refractivity contribution in [2.75, 3.05) is 26.2 Å². The van der Waals surface area contributed by atoms with Gasteiger partial charge < -0.3 is 9.64 Å². The second-order valence-corrected chi connectivity index (χ2v) is 7.60. The fourth-order valence-corrected chi connectivity index (χ4v) is 4.11. The van der Waals surface area contributed by atoms with E-state index >= 15 is 0 Å². The highest BCUT2D eigenvalue weighted by Crippen LogP contribution is 2.37. The molecule has 4 heteroatoms. The summed E-state index contributed by atoms with van der Waals surface area (Å²) in [6.45, 7) is 6.49. The molecule has 2 aromatic carbocycles. The van der Waals surface area contributed by atoms with Gasteiger partial charge in [0.05, 0.1) is 12.0 Å². The molecule has 1 aliphatic heterocycles. The Morgan fingerprint density at radius 2 is 1.57 bits per heavy atom. The SMILES string of the molecule is CCOC(=O)C1(c2ccccc2)CCN(CC(C)C(=O)c2ccccc2)CC1. The zero-order chi connectivity index (χ0) is 20.0. The summed E-state index contributed by atoms with van der Waals surface area (Å²) in [5.74, 6) is -0.0330. The summed E-state index contributed by atoms with van der Waals surface area (Å²) in [5.41, 5.74) is 1.21. The van der Waals surface area contributed by atoms with Gasteiger partial charge in [0.1, 0.15) is 0 Å². The quantitative estimate of drug-likeness (QED) is 0.537. The van der Waals surface area contributed by atoms with Crippen molar-refractivity contribution < 1.29 is 14.3 Å². The van der Waals surface area contributed by atoms with Crippen molar-refractivity contribution in [3.05, 3.63) is 71.8 Å². The second kappa shape index (κ2) is 9.16. The van der Waals surface area contributed by atoms with Crippen LogP contribution in [0.1, 0.15) is 42.6 Å². The van der Waals surface area contributed by atoms with Gasteiger partial charge in [-0.15, -0.1) is 0 Å². The van der Waals surface area contributed by atoms with Crippen LogP contribution in [0.15, 0.2) is 60.7 Å². The lowest BCUT2D eigenvalue weighted by molar-refractivity contribution is -0.152. The number of esters is 1. The highest BCUT2D eigenvalue weighted by Gasteiger charge is 2.44. The number of ketones is 1.